The van der Waals surface area contributed by atoms with E-state index in [0.29, 0.717) is 5.92 Å². The SMILES string of the molecule is CC(CNc1ncnc2cc(N)ccc12)CN1CCCC1. The predicted molar refractivity (Wildman–Crippen MR) is 87.3 cm³/mol. The summed E-state index contributed by atoms with van der Waals surface area (Å²) >= 11 is 0. The van der Waals surface area contributed by atoms with Gasteiger partial charge < -0.3 is 16.0 Å². The van der Waals surface area contributed by atoms with Crippen LogP contribution >= 0.6 is 0 Å². The lowest BCUT2D eigenvalue weighted by molar-refractivity contribution is 0.294. The Balaban J connectivity index is 1.64. The zero-order chi connectivity index (χ0) is 14.7. The fraction of sp³-hybridized carbons (Fsp3) is 0.500. The van der Waals surface area contributed by atoms with Crippen LogP contribution in [0.1, 0.15) is 19.8 Å². The Hall–Kier alpha value is -1.88. The van der Waals surface area contributed by atoms with E-state index in [1.807, 2.05) is 18.2 Å². The molecule has 1 atom stereocenters. The van der Waals surface area contributed by atoms with E-state index in [0.717, 1.165) is 35.5 Å². The summed E-state index contributed by atoms with van der Waals surface area (Å²) in [6.45, 7) is 6.86. The Kier molecular flexibility index (Phi) is 4.20. The van der Waals surface area contributed by atoms with Crippen LogP contribution < -0.4 is 11.1 Å². The van der Waals surface area contributed by atoms with Crippen molar-refractivity contribution in [2.24, 2.45) is 5.92 Å². The third-order valence-corrected chi connectivity index (χ3v) is 4.05. The number of aromatic nitrogens is 2. The van der Waals surface area contributed by atoms with Gasteiger partial charge in [0.1, 0.15) is 12.1 Å². The first-order valence-corrected chi connectivity index (χ1v) is 7.69. The zero-order valence-electron chi connectivity index (χ0n) is 12.5. The Labute approximate surface area is 125 Å². The average Bonchev–Trinajstić information content (AvgIpc) is 2.97. The number of fused-ring (bicyclic) bond motifs is 1. The number of rotatable bonds is 5. The van der Waals surface area contributed by atoms with E-state index in [9.17, 15) is 0 Å². The molecule has 1 aromatic heterocycles. The lowest BCUT2D eigenvalue weighted by Crippen LogP contribution is -2.29. The molecule has 1 aromatic carbocycles. The quantitative estimate of drug-likeness (QED) is 0.825. The maximum atomic E-state index is 5.80. The van der Waals surface area contributed by atoms with E-state index in [2.05, 4.69) is 27.1 Å². The van der Waals surface area contributed by atoms with Crippen molar-refractivity contribution in [1.82, 2.24) is 14.9 Å². The van der Waals surface area contributed by atoms with Crippen LogP contribution in [0.5, 0.6) is 0 Å². The van der Waals surface area contributed by atoms with Crippen molar-refractivity contribution in [2.75, 3.05) is 37.2 Å². The van der Waals surface area contributed by atoms with Crippen molar-refractivity contribution in [3.63, 3.8) is 0 Å². The van der Waals surface area contributed by atoms with Crippen LogP contribution in [0.15, 0.2) is 24.5 Å². The van der Waals surface area contributed by atoms with Crippen LogP contribution in [0.4, 0.5) is 11.5 Å². The topological polar surface area (TPSA) is 67.1 Å². The summed E-state index contributed by atoms with van der Waals surface area (Å²) in [5.41, 5.74) is 7.42. The Bertz CT molecular complexity index is 607. The molecule has 112 valence electrons. The highest BCUT2D eigenvalue weighted by Crippen LogP contribution is 2.21. The maximum Gasteiger partial charge on any atom is 0.137 e. The average molecular weight is 285 g/mol. The van der Waals surface area contributed by atoms with Gasteiger partial charge in [-0.25, -0.2) is 9.97 Å². The third-order valence-electron chi connectivity index (χ3n) is 4.05. The van der Waals surface area contributed by atoms with Gasteiger partial charge in [0, 0.05) is 24.2 Å². The van der Waals surface area contributed by atoms with Gasteiger partial charge in [0.05, 0.1) is 5.52 Å². The molecule has 2 aromatic rings. The largest absolute Gasteiger partial charge is 0.399 e. The van der Waals surface area contributed by atoms with Crippen molar-refractivity contribution in [1.29, 1.82) is 0 Å². The number of nitrogen functional groups attached to an aromatic ring is 1. The molecule has 21 heavy (non-hydrogen) atoms. The lowest BCUT2D eigenvalue weighted by Gasteiger charge is -2.20. The molecule has 1 aliphatic heterocycles. The number of benzene rings is 1. The molecule has 5 nitrogen and oxygen atoms in total. The van der Waals surface area contributed by atoms with Crippen molar-refractivity contribution < 1.29 is 0 Å². The normalized spacial score (nSPS) is 17.2. The third kappa shape index (κ3) is 3.42. The molecule has 0 saturated carbocycles. The smallest absolute Gasteiger partial charge is 0.137 e. The monoisotopic (exact) mass is 285 g/mol. The minimum atomic E-state index is 0.599. The number of anilines is 2. The molecule has 1 aliphatic rings. The van der Waals surface area contributed by atoms with Gasteiger partial charge in [-0.2, -0.15) is 0 Å². The molecule has 5 heteroatoms. The summed E-state index contributed by atoms with van der Waals surface area (Å²) in [4.78, 5) is 11.2. The molecule has 0 bridgehead atoms. The number of nitrogens with zero attached hydrogens (tertiary/aromatic N) is 3. The molecular weight excluding hydrogens is 262 g/mol. The van der Waals surface area contributed by atoms with Crippen LogP contribution in [-0.2, 0) is 0 Å². The van der Waals surface area contributed by atoms with Crippen LogP contribution in [0.3, 0.4) is 0 Å². The molecule has 0 spiro atoms. The van der Waals surface area contributed by atoms with Gasteiger partial charge in [-0.05, 0) is 50.0 Å². The van der Waals surface area contributed by atoms with E-state index in [-0.39, 0.29) is 0 Å². The van der Waals surface area contributed by atoms with Crippen molar-refractivity contribution in [3.8, 4) is 0 Å². The van der Waals surface area contributed by atoms with Gasteiger partial charge in [-0.1, -0.05) is 6.92 Å². The van der Waals surface area contributed by atoms with Crippen LogP contribution in [0.2, 0.25) is 0 Å². The Morgan fingerprint density at radius 3 is 2.90 bits per heavy atom. The Morgan fingerprint density at radius 2 is 2.10 bits per heavy atom. The number of nitrogens with one attached hydrogen (secondary N) is 1. The minimum Gasteiger partial charge on any atom is -0.399 e. The fourth-order valence-electron chi connectivity index (χ4n) is 2.96. The summed E-state index contributed by atoms with van der Waals surface area (Å²) in [5, 5.41) is 4.49. The van der Waals surface area contributed by atoms with Crippen molar-refractivity contribution in [2.45, 2.75) is 19.8 Å². The zero-order valence-corrected chi connectivity index (χ0v) is 12.5. The molecule has 2 heterocycles. The second-order valence-corrected chi connectivity index (χ2v) is 5.99. The van der Waals surface area contributed by atoms with Gasteiger partial charge in [0.25, 0.3) is 0 Å². The molecule has 1 unspecified atom stereocenters. The number of hydrogen-bond donors (Lipinski definition) is 2. The first kappa shape index (κ1) is 14.1. The second-order valence-electron chi connectivity index (χ2n) is 5.99. The van der Waals surface area contributed by atoms with Gasteiger partial charge in [0.2, 0.25) is 0 Å². The van der Waals surface area contributed by atoms with Gasteiger partial charge in [-0.3, -0.25) is 0 Å². The molecular formula is C16H23N5. The molecule has 0 amide bonds. The number of nitrogens with two attached hydrogens (primary N) is 1. The van der Waals surface area contributed by atoms with Crippen LogP contribution in [-0.4, -0.2) is 41.0 Å². The second kappa shape index (κ2) is 6.26. The highest BCUT2D eigenvalue weighted by Gasteiger charge is 2.14. The summed E-state index contributed by atoms with van der Waals surface area (Å²) < 4.78 is 0. The molecule has 0 radical (unpaired) electrons. The first-order valence-electron chi connectivity index (χ1n) is 7.69. The number of likely N-dealkylation sites (tertiary alicyclic amines) is 1. The summed E-state index contributed by atoms with van der Waals surface area (Å²) in [7, 11) is 0. The molecule has 3 N–H and O–H groups in total. The van der Waals surface area contributed by atoms with E-state index in [4.69, 9.17) is 5.73 Å². The van der Waals surface area contributed by atoms with Gasteiger partial charge in [-0.15, -0.1) is 0 Å². The summed E-state index contributed by atoms with van der Waals surface area (Å²) in [6, 6.07) is 5.76. The maximum absolute atomic E-state index is 5.80. The molecule has 0 aliphatic carbocycles. The van der Waals surface area contributed by atoms with E-state index < -0.39 is 0 Å². The molecule has 1 saturated heterocycles. The van der Waals surface area contributed by atoms with Crippen LogP contribution in [0.25, 0.3) is 10.9 Å². The van der Waals surface area contributed by atoms with E-state index in [1.54, 1.807) is 6.33 Å². The predicted octanol–water partition coefficient (Wildman–Crippen LogP) is 2.36. The Morgan fingerprint density at radius 1 is 1.29 bits per heavy atom. The highest BCUT2D eigenvalue weighted by molar-refractivity contribution is 5.90. The summed E-state index contributed by atoms with van der Waals surface area (Å²) in [6.07, 6.45) is 4.28. The highest BCUT2D eigenvalue weighted by atomic mass is 15.1. The lowest BCUT2D eigenvalue weighted by atomic mass is 10.1. The fourth-order valence-corrected chi connectivity index (χ4v) is 2.96. The molecule has 3 rings (SSSR count). The van der Waals surface area contributed by atoms with Gasteiger partial charge >= 0.3 is 0 Å². The standard InChI is InChI=1S/C16H23N5/c1-12(10-21-6-2-3-7-21)9-18-16-14-5-4-13(17)8-15(14)19-11-20-16/h4-5,8,11-12H,2-3,6-7,9-10,17H2,1H3,(H,18,19,20). The minimum absolute atomic E-state index is 0.599. The van der Waals surface area contributed by atoms with Crippen molar-refractivity contribution in [3.05, 3.63) is 24.5 Å². The summed E-state index contributed by atoms with van der Waals surface area (Å²) in [5.74, 6) is 1.50. The first-order chi connectivity index (χ1) is 10.2. The number of hydrogen-bond acceptors (Lipinski definition) is 5. The van der Waals surface area contributed by atoms with Gasteiger partial charge in [0.15, 0.2) is 0 Å². The molecule has 1 fully saturated rings. The van der Waals surface area contributed by atoms with E-state index in [1.165, 1.54) is 25.9 Å². The van der Waals surface area contributed by atoms with Crippen LogP contribution in [0, 0.1) is 5.92 Å². The van der Waals surface area contributed by atoms with Crippen molar-refractivity contribution >= 4 is 22.4 Å². The van der Waals surface area contributed by atoms with E-state index >= 15 is 0 Å².